The van der Waals surface area contributed by atoms with Gasteiger partial charge in [-0.25, -0.2) is 0 Å². The molecule has 17 heavy (non-hydrogen) atoms. The van der Waals surface area contributed by atoms with Crippen LogP contribution in [0, 0.1) is 0 Å². The molecule has 0 bridgehead atoms. The van der Waals surface area contributed by atoms with Crippen LogP contribution in [0.3, 0.4) is 0 Å². The Morgan fingerprint density at radius 1 is 1.59 bits per heavy atom. The summed E-state index contributed by atoms with van der Waals surface area (Å²) in [7, 11) is 1.99. The van der Waals surface area contributed by atoms with Gasteiger partial charge in [0.2, 0.25) is 0 Å². The molecule has 96 valence electrons. The number of nitrogens with zero attached hydrogens (tertiary/aromatic N) is 3. The van der Waals surface area contributed by atoms with Crippen LogP contribution in [0.4, 0.5) is 0 Å². The third-order valence-electron chi connectivity index (χ3n) is 3.86. The molecule has 0 spiro atoms. The molecular formula is C13H24N4. The second kappa shape index (κ2) is 5.19. The highest BCUT2D eigenvalue weighted by Crippen LogP contribution is 2.30. The number of hydrogen-bond acceptors (Lipinski definition) is 3. The van der Waals surface area contributed by atoms with Gasteiger partial charge < -0.3 is 5.73 Å². The smallest absolute Gasteiger partial charge is 0.0670 e. The fourth-order valence-electron chi connectivity index (χ4n) is 2.97. The summed E-state index contributed by atoms with van der Waals surface area (Å²) in [4.78, 5) is 2.54. The van der Waals surface area contributed by atoms with Crippen LogP contribution in [0.1, 0.15) is 44.0 Å². The number of likely N-dealkylation sites (tertiary alicyclic amines) is 1. The zero-order chi connectivity index (χ0) is 12.4. The van der Waals surface area contributed by atoms with Gasteiger partial charge in [-0.2, -0.15) is 5.10 Å². The van der Waals surface area contributed by atoms with E-state index in [-0.39, 0.29) is 0 Å². The molecule has 2 atom stereocenters. The average molecular weight is 236 g/mol. The van der Waals surface area contributed by atoms with E-state index in [4.69, 9.17) is 5.73 Å². The van der Waals surface area contributed by atoms with Crippen LogP contribution < -0.4 is 5.73 Å². The van der Waals surface area contributed by atoms with E-state index in [1.54, 1.807) is 0 Å². The summed E-state index contributed by atoms with van der Waals surface area (Å²) in [6.45, 7) is 6.31. The SMILES string of the molecule is CCc1nn(C)cc1C(CN)N1CCCC1C. The molecule has 1 fully saturated rings. The zero-order valence-corrected chi connectivity index (χ0v) is 11.2. The molecule has 4 nitrogen and oxygen atoms in total. The lowest BCUT2D eigenvalue weighted by molar-refractivity contribution is 0.195. The third kappa shape index (κ3) is 2.38. The number of rotatable bonds is 4. The largest absolute Gasteiger partial charge is 0.329 e. The molecule has 1 aliphatic heterocycles. The minimum Gasteiger partial charge on any atom is -0.329 e. The molecule has 2 heterocycles. The summed E-state index contributed by atoms with van der Waals surface area (Å²) in [5.41, 5.74) is 8.52. The van der Waals surface area contributed by atoms with E-state index in [1.165, 1.54) is 30.6 Å². The molecule has 4 heteroatoms. The van der Waals surface area contributed by atoms with Crippen molar-refractivity contribution in [2.24, 2.45) is 12.8 Å². The molecule has 2 N–H and O–H groups in total. The maximum atomic E-state index is 6.00. The lowest BCUT2D eigenvalue weighted by Crippen LogP contribution is -2.36. The molecule has 0 saturated carbocycles. The Morgan fingerprint density at radius 2 is 2.35 bits per heavy atom. The maximum Gasteiger partial charge on any atom is 0.0670 e. The highest BCUT2D eigenvalue weighted by Gasteiger charge is 2.30. The Morgan fingerprint density at radius 3 is 2.88 bits per heavy atom. The second-order valence-corrected chi connectivity index (χ2v) is 5.04. The predicted molar refractivity (Wildman–Crippen MR) is 69.8 cm³/mol. The minimum atomic E-state index is 0.344. The van der Waals surface area contributed by atoms with Crippen molar-refractivity contribution in [3.05, 3.63) is 17.5 Å². The van der Waals surface area contributed by atoms with Gasteiger partial charge in [0.1, 0.15) is 0 Å². The quantitative estimate of drug-likeness (QED) is 0.861. The van der Waals surface area contributed by atoms with Gasteiger partial charge in [0.15, 0.2) is 0 Å². The standard InChI is InChI=1S/C13H24N4/c1-4-12-11(9-16(3)15-12)13(8-14)17-7-5-6-10(17)2/h9-10,13H,4-8,14H2,1-3H3. The van der Waals surface area contributed by atoms with Gasteiger partial charge in [-0.3, -0.25) is 9.58 Å². The lowest BCUT2D eigenvalue weighted by Gasteiger charge is -2.30. The molecule has 0 aromatic carbocycles. The van der Waals surface area contributed by atoms with E-state index in [9.17, 15) is 0 Å². The molecule has 0 amide bonds. The van der Waals surface area contributed by atoms with E-state index in [2.05, 4.69) is 30.0 Å². The molecule has 2 unspecified atom stereocenters. The van der Waals surface area contributed by atoms with Gasteiger partial charge in [-0.15, -0.1) is 0 Å². The van der Waals surface area contributed by atoms with Crippen LogP contribution in [0.5, 0.6) is 0 Å². The van der Waals surface area contributed by atoms with Crippen molar-refractivity contribution in [2.45, 2.75) is 45.2 Å². The summed E-state index contributed by atoms with van der Waals surface area (Å²) in [6, 6.07) is 0.990. The summed E-state index contributed by atoms with van der Waals surface area (Å²) >= 11 is 0. The van der Waals surface area contributed by atoms with E-state index in [1.807, 2.05) is 11.7 Å². The first-order chi connectivity index (χ1) is 8.17. The maximum absolute atomic E-state index is 6.00. The minimum absolute atomic E-state index is 0.344. The van der Waals surface area contributed by atoms with Gasteiger partial charge in [0.05, 0.1) is 11.7 Å². The first kappa shape index (κ1) is 12.6. The third-order valence-corrected chi connectivity index (χ3v) is 3.86. The van der Waals surface area contributed by atoms with Gasteiger partial charge in [0.25, 0.3) is 0 Å². The molecule has 0 aliphatic carbocycles. The van der Waals surface area contributed by atoms with Crippen LogP contribution in [0.15, 0.2) is 6.20 Å². The van der Waals surface area contributed by atoms with E-state index < -0.39 is 0 Å². The first-order valence-electron chi connectivity index (χ1n) is 6.65. The van der Waals surface area contributed by atoms with Gasteiger partial charge in [-0.05, 0) is 32.7 Å². The molecule has 1 aliphatic rings. The summed E-state index contributed by atoms with van der Waals surface area (Å²) < 4.78 is 1.91. The fraction of sp³-hybridized carbons (Fsp3) is 0.769. The van der Waals surface area contributed by atoms with Gasteiger partial charge in [-0.1, -0.05) is 6.92 Å². The average Bonchev–Trinajstić information content (AvgIpc) is 2.88. The van der Waals surface area contributed by atoms with Crippen molar-refractivity contribution in [1.29, 1.82) is 0 Å². The van der Waals surface area contributed by atoms with Gasteiger partial charge in [0, 0.05) is 31.4 Å². The van der Waals surface area contributed by atoms with Crippen molar-refractivity contribution in [3.63, 3.8) is 0 Å². The Balaban J connectivity index is 2.27. The monoisotopic (exact) mass is 236 g/mol. The Kier molecular flexibility index (Phi) is 3.84. The number of hydrogen-bond donors (Lipinski definition) is 1. The number of nitrogens with two attached hydrogens (primary N) is 1. The number of aromatic nitrogens is 2. The molecule has 1 aromatic heterocycles. The molecule has 0 radical (unpaired) electrons. The molecule has 1 saturated heterocycles. The highest BCUT2D eigenvalue weighted by molar-refractivity contribution is 5.22. The van der Waals surface area contributed by atoms with Crippen LogP contribution >= 0.6 is 0 Å². The zero-order valence-electron chi connectivity index (χ0n) is 11.2. The van der Waals surface area contributed by atoms with Crippen molar-refractivity contribution in [3.8, 4) is 0 Å². The van der Waals surface area contributed by atoms with E-state index in [0.717, 1.165) is 6.42 Å². The van der Waals surface area contributed by atoms with Crippen LogP contribution in [-0.2, 0) is 13.5 Å². The normalized spacial score (nSPS) is 23.2. The van der Waals surface area contributed by atoms with E-state index in [0.29, 0.717) is 18.6 Å². The van der Waals surface area contributed by atoms with Gasteiger partial charge >= 0.3 is 0 Å². The van der Waals surface area contributed by atoms with Crippen LogP contribution in [-0.4, -0.2) is 33.8 Å². The van der Waals surface area contributed by atoms with E-state index >= 15 is 0 Å². The summed E-state index contributed by atoms with van der Waals surface area (Å²) in [6.07, 6.45) is 5.70. The fourth-order valence-corrected chi connectivity index (χ4v) is 2.97. The Bertz CT molecular complexity index is 371. The highest BCUT2D eigenvalue weighted by atomic mass is 15.3. The molecule has 2 rings (SSSR count). The van der Waals surface area contributed by atoms with Crippen molar-refractivity contribution >= 4 is 0 Å². The predicted octanol–water partition coefficient (Wildman–Crippen LogP) is 1.47. The molecular weight excluding hydrogens is 212 g/mol. The first-order valence-corrected chi connectivity index (χ1v) is 6.65. The van der Waals surface area contributed by atoms with Crippen molar-refractivity contribution in [1.82, 2.24) is 14.7 Å². The van der Waals surface area contributed by atoms with Crippen molar-refractivity contribution < 1.29 is 0 Å². The Labute approximate surface area is 104 Å². The van der Waals surface area contributed by atoms with Crippen LogP contribution in [0.25, 0.3) is 0 Å². The van der Waals surface area contributed by atoms with Crippen molar-refractivity contribution in [2.75, 3.05) is 13.1 Å². The Hall–Kier alpha value is -0.870. The lowest BCUT2D eigenvalue weighted by atomic mass is 10.0. The van der Waals surface area contributed by atoms with Crippen LogP contribution in [0.2, 0.25) is 0 Å². The summed E-state index contributed by atoms with van der Waals surface area (Å²) in [5, 5.41) is 4.53. The number of aryl methyl sites for hydroxylation is 2. The summed E-state index contributed by atoms with van der Waals surface area (Å²) in [5.74, 6) is 0. The topological polar surface area (TPSA) is 47.1 Å². The second-order valence-electron chi connectivity index (χ2n) is 5.04. The molecule has 1 aromatic rings.